The van der Waals surface area contributed by atoms with E-state index in [9.17, 15) is 28.3 Å². The van der Waals surface area contributed by atoms with E-state index in [1.54, 1.807) is 0 Å². The third kappa shape index (κ3) is 5.52. The van der Waals surface area contributed by atoms with Crippen molar-refractivity contribution in [2.75, 3.05) is 6.61 Å². The lowest BCUT2D eigenvalue weighted by Gasteiger charge is -2.20. The molecule has 1 saturated carbocycles. The van der Waals surface area contributed by atoms with Crippen LogP contribution in [-0.4, -0.2) is 48.2 Å². The molecule has 2 amide bonds. The average molecular weight is 472 g/mol. The summed E-state index contributed by atoms with van der Waals surface area (Å²) in [4.78, 5) is 35.8. The number of benzene rings is 2. The zero-order chi connectivity index (χ0) is 24.2. The van der Waals surface area contributed by atoms with Gasteiger partial charge in [-0.15, -0.1) is 0 Å². The summed E-state index contributed by atoms with van der Waals surface area (Å²) in [6, 6.07) is 12.5. The molecule has 0 heterocycles. The van der Waals surface area contributed by atoms with Gasteiger partial charge in [0, 0.05) is 5.92 Å². The molecule has 0 radical (unpaired) electrons. The van der Waals surface area contributed by atoms with Gasteiger partial charge in [0.25, 0.3) is 6.43 Å². The first-order valence-corrected chi connectivity index (χ1v) is 11.2. The van der Waals surface area contributed by atoms with E-state index in [-0.39, 0.29) is 24.9 Å². The topological polar surface area (TPSA) is 105 Å². The number of halogens is 2. The number of rotatable bonds is 10. The molecule has 2 aliphatic rings. The zero-order valence-electron chi connectivity index (χ0n) is 18.4. The number of hydrogen-bond donors (Lipinski definition) is 3. The van der Waals surface area contributed by atoms with E-state index >= 15 is 0 Å². The summed E-state index contributed by atoms with van der Waals surface area (Å²) in [5.74, 6) is -2.08. The lowest BCUT2D eigenvalue weighted by molar-refractivity contribution is -0.142. The van der Waals surface area contributed by atoms with Crippen molar-refractivity contribution >= 4 is 18.0 Å². The second kappa shape index (κ2) is 10.2. The number of hydrogen-bond acceptors (Lipinski definition) is 4. The summed E-state index contributed by atoms with van der Waals surface area (Å²) in [5.41, 5.74) is 4.04. The molecule has 7 nitrogen and oxygen atoms in total. The molecule has 180 valence electrons. The molecule has 2 atom stereocenters. The number of carboxylic acids is 1. The van der Waals surface area contributed by atoms with Gasteiger partial charge >= 0.3 is 12.1 Å². The predicted octanol–water partition coefficient (Wildman–Crippen LogP) is 3.92. The Kier molecular flexibility index (Phi) is 7.09. The first kappa shape index (κ1) is 23.7. The molecule has 34 heavy (non-hydrogen) atoms. The number of carbonyl (C=O) groups excluding carboxylic acids is 2. The van der Waals surface area contributed by atoms with Crippen LogP contribution < -0.4 is 10.6 Å². The van der Waals surface area contributed by atoms with Gasteiger partial charge < -0.3 is 20.5 Å². The Morgan fingerprint density at radius 1 is 0.971 bits per heavy atom. The van der Waals surface area contributed by atoms with Gasteiger partial charge in [-0.25, -0.2) is 18.4 Å². The van der Waals surface area contributed by atoms with E-state index in [0.29, 0.717) is 0 Å². The minimum Gasteiger partial charge on any atom is -0.480 e. The lowest BCUT2D eigenvalue weighted by Crippen LogP contribution is -2.47. The fourth-order valence-electron chi connectivity index (χ4n) is 4.36. The number of nitrogens with one attached hydrogen (secondary N) is 2. The molecule has 2 aliphatic carbocycles. The van der Waals surface area contributed by atoms with Gasteiger partial charge in [-0.3, -0.25) is 4.79 Å². The molecule has 0 saturated heterocycles. The van der Waals surface area contributed by atoms with E-state index < -0.39 is 42.9 Å². The molecule has 4 rings (SSSR count). The monoisotopic (exact) mass is 472 g/mol. The number of carbonyl (C=O) groups is 3. The predicted molar refractivity (Wildman–Crippen MR) is 120 cm³/mol. The maximum Gasteiger partial charge on any atom is 0.407 e. The lowest BCUT2D eigenvalue weighted by atomic mass is 9.98. The summed E-state index contributed by atoms with van der Waals surface area (Å²) in [6.45, 7) is -0.0511. The molecular formula is C25H26F2N2O5. The van der Waals surface area contributed by atoms with Crippen LogP contribution in [0, 0.1) is 5.92 Å². The van der Waals surface area contributed by atoms with Gasteiger partial charge in [-0.2, -0.15) is 0 Å². The first-order chi connectivity index (χ1) is 16.3. The van der Waals surface area contributed by atoms with Gasteiger partial charge in [0.15, 0.2) is 0 Å². The van der Waals surface area contributed by atoms with Gasteiger partial charge in [0.05, 0.1) is 6.42 Å². The molecule has 0 aliphatic heterocycles. The second-order valence-corrected chi connectivity index (χ2v) is 8.75. The van der Waals surface area contributed by atoms with Crippen molar-refractivity contribution in [2.24, 2.45) is 5.92 Å². The van der Waals surface area contributed by atoms with E-state index in [0.717, 1.165) is 35.1 Å². The summed E-state index contributed by atoms with van der Waals surface area (Å²) in [5, 5.41) is 13.6. The van der Waals surface area contributed by atoms with Crippen molar-refractivity contribution in [3.8, 4) is 11.1 Å². The number of carboxylic acid groups (broad SMARTS) is 1. The number of fused-ring (bicyclic) bond motifs is 3. The summed E-state index contributed by atoms with van der Waals surface area (Å²) in [6.07, 6.45) is -2.80. The molecule has 3 N–H and O–H groups in total. The fraction of sp³-hybridized carbons (Fsp3) is 0.400. The molecule has 1 fully saturated rings. The van der Waals surface area contributed by atoms with E-state index in [1.165, 1.54) is 0 Å². The number of alkyl carbamates (subject to hydrolysis) is 1. The number of ether oxygens (including phenoxy) is 1. The van der Waals surface area contributed by atoms with Crippen molar-refractivity contribution in [3.63, 3.8) is 0 Å². The summed E-state index contributed by atoms with van der Waals surface area (Å²) < 4.78 is 32.3. The molecule has 2 aromatic rings. The molecule has 9 heteroatoms. The molecule has 1 unspecified atom stereocenters. The maximum absolute atomic E-state index is 13.5. The van der Waals surface area contributed by atoms with Crippen molar-refractivity contribution in [3.05, 3.63) is 59.7 Å². The van der Waals surface area contributed by atoms with Crippen LogP contribution in [0.4, 0.5) is 13.6 Å². The van der Waals surface area contributed by atoms with Gasteiger partial charge in [0.2, 0.25) is 5.91 Å². The zero-order valence-corrected chi connectivity index (χ0v) is 18.4. The molecule has 0 bridgehead atoms. The third-order valence-corrected chi connectivity index (χ3v) is 6.26. The van der Waals surface area contributed by atoms with Crippen molar-refractivity contribution in [1.82, 2.24) is 10.6 Å². The Morgan fingerprint density at radius 3 is 2.09 bits per heavy atom. The normalized spacial score (nSPS) is 16.3. The smallest absolute Gasteiger partial charge is 0.407 e. The minimum absolute atomic E-state index is 0.0511. The Bertz CT molecular complexity index is 1030. The third-order valence-electron chi connectivity index (χ3n) is 6.26. The Morgan fingerprint density at radius 2 is 1.56 bits per heavy atom. The van der Waals surface area contributed by atoms with E-state index in [2.05, 4.69) is 10.6 Å². The second-order valence-electron chi connectivity index (χ2n) is 8.75. The van der Waals surface area contributed by atoms with Crippen LogP contribution in [0.15, 0.2) is 48.5 Å². The van der Waals surface area contributed by atoms with Gasteiger partial charge in [-0.05, 0) is 34.6 Å². The molecule has 0 spiro atoms. The minimum atomic E-state index is -3.03. The highest BCUT2D eigenvalue weighted by molar-refractivity contribution is 5.84. The van der Waals surface area contributed by atoms with E-state index in [1.807, 2.05) is 48.5 Å². The Hall–Kier alpha value is -3.49. The first-order valence-electron chi connectivity index (χ1n) is 11.2. The average Bonchev–Trinajstić information content (AvgIpc) is 3.57. The highest BCUT2D eigenvalue weighted by Gasteiger charge is 2.33. The Labute approximate surface area is 195 Å². The highest BCUT2D eigenvalue weighted by atomic mass is 19.3. The molecule has 2 aromatic carbocycles. The number of aliphatic carboxylic acids is 1. The van der Waals surface area contributed by atoms with Crippen LogP contribution in [0.25, 0.3) is 11.1 Å². The van der Waals surface area contributed by atoms with Gasteiger partial charge in [-0.1, -0.05) is 61.4 Å². The van der Waals surface area contributed by atoms with Crippen molar-refractivity contribution in [2.45, 2.75) is 50.1 Å². The Balaban J connectivity index is 1.34. The largest absolute Gasteiger partial charge is 0.480 e. The van der Waals surface area contributed by atoms with E-state index in [4.69, 9.17) is 4.74 Å². The van der Waals surface area contributed by atoms with Gasteiger partial charge in [0.1, 0.15) is 18.7 Å². The van der Waals surface area contributed by atoms with Crippen LogP contribution in [0.2, 0.25) is 0 Å². The SMILES string of the molecule is O=C(CC(NC(=O)OCC1c2ccccc2-c2ccccc21)C(F)F)N[C@@H](CC1CC1)C(=O)O. The highest BCUT2D eigenvalue weighted by Crippen LogP contribution is 2.44. The molecule has 0 aromatic heterocycles. The van der Waals surface area contributed by atoms with Crippen molar-refractivity contribution in [1.29, 1.82) is 0 Å². The summed E-state index contributed by atoms with van der Waals surface area (Å²) in [7, 11) is 0. The molecular weight excluding hydrogens is 446 g/mol. The number of amides is 2. The van der Waals surface area contributed by atoms with Crippen molar-refractivity contribution < 1.29 is 33.0 Å². The fourth-order valence-corrected chi connectivity index (χ4v) is 4.36. The standard InChI is InChI=1S/C25H26F2N2O5/c26-23(27)20(12-22(30)28-21(24(31)32)11-14-9-10-14)29-25(33)34-13-19-17-7-3-1-5-15(17)16-6-2-4-8-18(16)19/h1-8,14,19-21,23H,9-13H2,(H,28,30)(H,29,33)(H,31,32)/t20?,21-/m0/s1. The van der Waals surface area contributed by atoms with Crippen LogP contribution >= 0.6 is 0 Å². The van der Waals surface area contributed by atoms with Crippen LogP contribution in [0.1, 0.15) is 42.7 Å². The maximum atomic E-state index is 13.5. The summed E-state index contributed by atoms with van der Waals surface area (Å²) >= 11 is 0. The number of alkyl halides is 2. The van der Waals surface area contributed by atoms with Crippen LogP contribution in [0.5, 0.6) is 0 Å². The quantitative estimate of drug-likeness (QED) is 0.486. The van der Waals surface area contributed by atoms with Crippen LogP contribution in [-0.2, 0) is 14.3 Å². The van der Waals surface area contributed by atoms with Crippen LogP contribution in [0.3, 0.4) is 0 Å².